The molecule has 0 heterocycles. The van der Waals surface area contributed by atoms with E-state index in [-0.39, 0.29) is 10.8 Å². The molecule has 1 aromatic rings. The molecule has 1 nitrogen and oxygen atoms in total. The average molecular weight is 256 g/mol. The van der Waals surface area contributed by atoms with Gasteiger partial charge in [0.25, 0.3) is 0 Å². The van der Waals surface area contributed by atoms with Crippen LogP contribution < -0.4 is 5.32 Å². The molecule has 0 aliphatic heterocycles. The van der Waals surface area contributed by atoms with E-state index in [1.54, 1.807) is 12.1 Å². The van der Waals surface area contributed by atoms with Crippen LogP contribution >= 0.6 is 11.6 Å². The van der Waals surface area contributed by atoms with Gasteiger partial charge in [0.15, 0.2) is 0 Å². The Morgan fingerprint density at radius 1 is 1.47 bits per heavy atom. The molecule has 0 spiro atoms. The van der Waals surface area contributed by atoms with Crippen molar-refractivity contribution in [3.8, 4) is 0 Å². The van der Waals surface area contributed by atoms with Crippen LogP contribution in [0.25, 0.3) is 0 Å². The maximum Gasteiger partial charge on any atom is 0.141 e. The number of hydrogen-bond donors (Lipinski definition) is 1. The van der Waals surface area contributed by atoms with Gasteiger partial charge in [-0.05, 0) is 50.6 Å². The Kier molecular flexibility index (Phi) is 6.23. The second-order valence-corrected chi connectivity index (χ2v) is 4.53. The smallest absolute Gasteiger partial charge is 0.141 e. The number of rotatable bonds is 6. The van der Waals surface area contributed by atoms with Gasteiger partial charge in [0, 0.05) is 0 Å². The van der Waals surface area contributed by atoms with Gasteiger partial charge in [-0.15, -0.1) is 0 Å². The lowest BCUT2D eigenvalue weighted by Gasteiger charge is -2.04. The van der Waals surface area contributed by atoms with Gasteiger partial charge in [-0.1, -0.05) is 36.2 Å². The van der Waals surface area contributed by atoms with E-state index in [4.69, 9.17) is 11.6 Å². The highest BCUT2D eigenvalue weighted by molar-refractivity contribution is 6.30. The maximum absolute atomic E-state index is 13.0. The molecule has 0 amide bonds. The molecule has 0 fully saturated rings. The second-order valence-electron chi connectivity index (χ2n) is 4.12. The van der Waals surface area contributed by atoms with E-state index in [0.717, 1.165) is 31.5 Å². The molecule has 0 aliphatic rings. The molecule has 0 unspecified atom stereocenters. The van der Waals surface area contributed by atoms with E-state index >= 15 is 0 Å². The fraction of sp³-hybridized carbons (Fsp3) is 0.429. The SMILES string of the molecule is CCNCC/C=C(/C)Cc1ccc(F)c(Cl)c1. The van der Waals surface area contributed by atoms with Crippen molar-refractivity contribution >= 4 is 11.6 Å². The van der Waals surface area contributed by atoms with E-state index in [1.165, 1.54) is 11.6 Å². The summed E-state index contributed by atoms with van der Waals surface area (Å²) in [4.78, 5) is 0. The first-order valence-electron chi connectivity index (χ1n) is 5.93. The third-order valence-electron chi connectivity index (χ3n) is 2.53. The molecular formula is C14H19ClFN. The van der Waals surface area contributed by atoms with Gasteiger partial charge in [0.2, 0.25) is 0 Å². The maximum atomic E-state index is 13.0. The summed E-state index contributed by atoms with van der Waals surface area (Å²) in [6.07, 6.45) is 4.06. The van der Waals surface area contributed by atoms with Gasteiger partial charge in [0.1, 0.15) is 5.82 Å². The minimum Gasteiger partial charge on any atom is -0.317 e. The lowest BCUT2D eigenvalue weighted by atomic mass is 10.1. The quantitative estimate of drug-likeness (QED) is 0.599. The fourth-order valence-corrected chi connectivity index (χ4v) is 1.84. The van der Waals surface area contributed by atoms with E-state index in [1.807, 2.05) is 0 Å². The van der Waals surface area contributed by atoms with Crippen LogP contribution in [0.5, 0.6) is 0 Å². The first-order chi connectivity index (χ1) is 8.13. The molecule has 0 aromatic heterocycles. The predicted molar refractivity (Wildman–Crippen MR) is 72.0 cm³/mol. The molecule has 0 saturated heterocycles. The van der Waals surface area contributed by atoms with Crippen LogP contribution in [0.3, 0.4) is 0 Å². The lowest BCUT2D eigenvalue weighted by molar-refractivity contribution is 0.627. The molecule has 0 bridgehead atoms. The molecule has 0 aliphatic carbocycles. The van der Waals surface area contributed by atoms with E-state index in [0.29, 0.717) is 0 Å². The minimum atomic E-state index is -0.357. The number of allylic oxidation sites excluding steroid dienone is 1. The van der Waals surface area contributed by atoms with Crippen LogP contribution in [0.1, 0.15) is 25.8 Å². The Hall–Kier alpha value is -0.860. The zero-order chi connectivity index (χ0) is 12.7. The summed E-state index contributed by atoms with van der Waals surface area (Å²) in [6, 6.07) is 4.89. The Morgan fingerprint density at radius 2 is 2.24 bits per heavy atom. The summed E-state index contributed by atoms with van der Waals surface area (Å²) >= 11 is 5.74. The van der Waals surface area contributed by atoms with Gasteiger partial charge in [-0.25, -0.2) is 4.39 Å². The third kappa shape index (κ3) is 5.33. The third-order valence-corrected chi connectivity index (χ3v) is 2.82. The monoisotopic (exact) mass is 255 g/mol. The van der Waals surface area contributed by atoms with Crippen LogP contribution in [0.4, 0.5) is 4.39 Å². The standard InChI is InChI=1S/C14H19ClFN/c1-3-17-8-4-5-11(2)9-12-6-7-14(16)13(15)10-12/h5-7,10,17H,3-4,8-9H2,1-2H3/b11-5-. The summed E-state index contributed by atoms with van der Waals surface area (Å²) < 4.78 is 13.0. The zero-order valence-electron chi connectivity index (χ0n) is 10.4. The Bertz CT molecular complexity index is 388. The second kappa shape index (κ2) is 7.46. The van der Waals surface area contributed by atoms with Gasteiger partial charge in [0.05, 0.1) is 5.02 Å². The zero-order valence-corrected chi connectivity index (χ0v) is 11.1. The molecular weight excluding hydrogens is 237 g/mol. The lowest BCUT2D eigenvalue weighted by Crippen LogP contribution is -2.13. The Morgan fingerprint density at radius 3 is 2.88 bits per heavy atom. The topological polar surface area (TPSA) is 12.0 Å². The number of halogens is 2. The van der Waals surface area contributed by atoms with Crippen molar-refractivity contribution in [2.24, 2.45) is 0 Å². The number of nitrogens with one attached hydrogen (secondary N) is 1. The van der Waals surface area contributed by atoms with Gasteiger partial charge >= 0.3 is 0 Å². The van der Waals surface area contributed by atoms with E-state index in [2.05, 4.69) is 25.2 Å². The molecule has 17 heavy (non-hydrogen) atoms. The van der Waals surface area contributed by atoms with E-state index < -0.39 is 0 Å². The Labute approximate surface area is 108 Å². The van der Waals surface area contributed by atoms with Crippen molar-refractivity contribution in [2.75, 3.05) is 13.1 Å². The summed E-state index contributed by atoms with van der Waals surface area (Å²) in [6.45, 7) is 6.18. The predicted octanol–water partition coefficient (Wildman–Crippen LogP) is 3.97. The first-order valence-corrected chi connectivity index (χ1v) is 6.31. The molecule has 1 N–H and O–H groups in total. The highest BCUT2D eigenvalue weighted by Crippen LogP contribution is 2.18. The van der Waals surface area contributed by atoms with Crippen molar-refractivity contribution in [1.82, 2.24) is 5.32 Å². The van der Waals surface area contributed by atoms with Crippen LogP contribution in [-0.2, 0) is 6.42 Å². The normalized spacial score (nSPS) is 11.9. The van der Waals surface area contributed by atoms with Crippen molar-refractivity contribution in [3.63, 3.8) is 0 Å². The van der Waals surface area contributed by atoms with Crippen LogP contribution in [-0.4, -0.2) is 13.1 Å². The van der Waals surface area contributed by atoms with Gasteiger partial charge in [-0.3, -0.25) is 0 Å². The van der Waals surface area contributed by atoms with Crippen molar-refractivity contribution in [1.29, 1.82) is 0 Å². The summed E-state index contributed by atoms with van der Waals surface area (Å²) in [5, 5.41) is 3.47. The Balaban J connectivity index is 2.49. The molecule has 1 aromatic carbocycles. The fourth-order valence-electron chi connectivity index (χ4n) is 1.64. The first kappa shape index (κ1) is 14.2. The number of benzene rings is 1. The minimum absolute atomic E-state index is 0.197. The van der Waals surface area contributed by atoms with Crippen molar-refractivity contribution < 1.29 is 4.39 Å². The van der Waals surface area contributed by atoms with Crippen LogP contribution in [0.15, 0.2) is 29.8 Å². The number of hydrogen-bond acceptors (Lipinski definition) is 1. The van der Waals surface area contributed by atoms with Crippen LogP contribution in [0.2, 0.25) is 5.02 Å². The highest BCUT2D eigenvalue weighted by atomic mass is 35.5. The van der Waals surface area contributed by atoms with Crippen molar-refractivity contribution in [3.05, 3.63) is 46.3 Å². The van der Waals surface area contributed by atoms with Crippen LogP contribution in [0, 0.1) is 5.82 Å². The molecule has 0 radical (unpaired) electrons. The summed E-state index contributed by atoms with van der Waals surface area (Å²) in [5.41, 5.74) is 2.33. The molecule has 1 rings (SSSR count). The van der Waals surface area contributed by atoms with Gasteiger partial charge in [-0.2, -0.15) is 0 Å². The van der Waals surface area contributed by atoms with Crippen molar-refractivity contribution in [2.45, 2.75) is 26.7 Å². The molecule has 0 saturated carbocycles. The summed E-state index contributed by atoms with van der Waals surface area (Å²) in [7, 11) is 0. The average Bonchev–Trinajstić information content (AvgIpc) is 2.30. The molecule has 94 valence electrons. The highest BCUT2D eigenvalue weighted by Gasteiger charge is 2.01. The largest absolute Gasteiger partial charge is 0.317 e. The van der Waals surface area contributed by atoms with E-state index in [9.17, 15) is 4.39 Å². The van der Waals surface area contributed by atoms with Gasteiger partial charge < -0.3 is 5.32 Å². The summed E-state index contributed by atoms with van der Waals surface area (Å²) in [5.74, 6) is -0.357. The molecule has 0 atom stereocenters. The molecule has 3 heteroatoms.